The summed E-state index contributed by atoms with van der Waals surface area (Å²) in [7, 11) is 0. The summed E-state index contributed by atoms with van der Waals surface area (Å²) in [6, 6.07) is 0. The predicted octanol–water partition coefficient (Wildman–Crippen LogP) is 1.70. The molecule has 0 radical (unpaired) electrons. The van der Waals surface area contributed by atoms with Gasteiger partial charge in [-0.3, -0.25) is 9.20 Å². The lowest BCUT2D eigenvalue weighted by Crippen LogP contribution is -2.58. The first-order valence-corrected chi connectivity index (χ1v) is 8.42. The molecule has 2 aliphatic carbocycles. The number of imidazole rings is 1. The number of carboxylic acids is 1. The molecule has 0 saturated heterocycles. The fourth-order valence-electron chi connectivity index (χ4n) is 3.79. The number of rotatable bonds is 4. The lowest BCUT2D eigenvalue weighted by atomic mass is 9.81. The van der Waals surface area contributed by atoms with Crippen LogP contribution in [0.2, 0.25) is 0 Å². The molecule has 1 amide bonds. The monoisotopic (exact) mass is 319 g/mol. The molecule has 2 saturated carbocycles. The molecular weight excluding hydrogens is 302 g/mol. The second-order valence-electron chi connectivity index (χ2n) is 6.32. The summed E-state index contributed by atoms with van der Waals surface area (Å²) in [6.45, 7) is 0. The second-order valence-corrected chi connectivity index (χ2v) is 7.19. The zero-order chi connectivity index (χ0) is 15.3. The number of nitrogens with zero attached hydrogens (tertiary/aromatic N) is 2. The molecule has 2 heterocycles. The number of fused-ring (bicyclic) bond motifs is 2. The van der Waals surface area contributed by atoms with Crippen LogP contribution in [-0.2, 0) is 16.0 Å². The van der Waals surface area contributed by atoms with Crippen molar-refractivity contribution in [2.24, 2.45) is 11.8 Å². The van der Waals surface area contributed by atoms with E-state index in [0.29, 0.717) is 18.0 Å². The van der Waals surface area contributed by atoms with Crippen molar-refractivity contribution >= 4 is 28.2 Å². The van der Waals surface area contributed by atoms with E-state index in [9.17, 15) is 14.7 Å². The van der Waals surface area contributed by atoms with Crippen LogP contribution >= 0.6 is 11.3 Å². The minimum Gasteiger partial charge on any atom is -0.479 e. The van der Waals surface area contributed by atoms with E-state index in [4.69, 9.17) is 0 Å². The Bertz CT molecular complexity index is 724. The number of carboxylic acid groups (broad SMARTS) is 1. The zero-order valence-corrected chi connectivity index (χ0v) is 12.8. The van der Waals surface area contributed by atoms with E-state index in [1.807, 2.05) is 22.2 Å². The van der Waals surface area contributed by atoms with Crippen molar-refractivity contribution in [1.29, 1.82) is 0 Å². The quantitative estimate of drug-likeness (QED) is 0.898. The number of thiazole rings is 1. The molecule has 22 heavy (non-hydrogen) atoms. The molecule has 116 valence electrons. The van der Waals surface area contributed by atoms with Gasteiger partial charge in [-0.05, 0) is 31.1 Å². The third-order valence-corrected chi connectivity index (χ3v) is 5.70. The maximum atomic E-state index is 12.3. The number of hydrogen-bond acceptors (Lipinski definition) is 4. The first kappa shape index (κ1) is 13.8. The highest BCUT2D eigenvalue weighted by Crippen LogP contribution is 2.54. The first-order chi connectivity index (χ1) is 10.6. The molecule has 2 aliphatic rings. The summed E-state index contributed by atoms with van der Waals surface area (Å²) in [5.74, 6) is -0.559. The number of amides is 1. The highest BCUT2D eigenvalue weighted by molar-refractivity contribution is 7.15. The van der Waals surface area contributed by atoms with Crippen LogP contribution in [-0.4, -0.2) is 31.9 Å². The van der Waals surface area contributed by atoms with Crippen LogP contribution in [0.1, 0.15) is 31.4 Å². The predicted molar refractivity (Wildman–Crippen MR) is 80.7 cm³/mol. The molecule has 7 heteroatoms. The van der Waals surface area contributed by atoms with Crippen LogP contribution in [0.5, 0.6) is 0 Å². The Morgan fingerprint density at radius 2 is 2.41 bits per heavy atom. The maximum Gasteiger partial charge on any atom is 0.329 e. The number of carbonyl (C=O) groups excluding carboxylic acids is 1. The van der Waals surface area contributed by atoms with Crippen molar-refractivity contribution < 1.29 is 14.7 Å². The Morgan fingerprint density at radius 3 is 3.18 bits per heavy atom. The van der Waals surface area contributed by atoms with Crippen molar-refractivity contribution in [1.82, 2.24) is 14.7 Å². The Hall–Kier alpha value is -1.89. The van der Waals surface area contributed by atoms with Gasteiger partial charge in [0.2, 0.25) is 5.91 Å². The second kappa shape index (κ2) is 4.81. The smallest absolute Gasteiger partial charge is 0.329 e. The fraction of sp³-hybridized carbons (Fsp3) is 0.533. The summed E-state index contributed by atoms with van der Waals surface area (Å²) in [5.41, 5.74) is -0.384. The Morgan fingerprint density at radius 1 is 1.55 bits per heavy atom. The van der Waals surface area contributed by atoms with Gasteiger partial charge >= 0.3 is 5.97 Å². The molecule has 0 aliphatic heterocycles. The van der Waals surface area contributed by atoms with Gasteiger partial charge in [0.1, 0.15) is 5.54 Å². The van der Waals surface area contributed by atoms with Gasteiger partial charge in [-0.15, -0.1) is 11.3 Å². The van der Waals surface area contributed by atoms with Gasteiger partial charge in [0.25, 0.3) is 0 Å². The van der Waals surface area contributed by atoms with Crippen LogP contribution in [0.3, 0.4) is 0 Å². The summed E-state index contributed by atoms with van der Waals surface area (Å²) in [5, 5.41) is 14.4. The van der Waals surface area contributed by atoms with E-state index >= 15 is 0 Å². The standard InChI is InChI=1S/C15H17N3O3S/c19-12(7-10-8-18-4-5-22-14(18)16-10)17-15(13(20)21)3-1-2-9-6-11(9)15/h4-5,8-9,11H,1-3,6-7H2,(H,17,19)(H,20,21). The van der Waals surface area contributed by atoms with Gasteiger partial charge < -0.3 is 10.4 Å². The molecule has 3 atom stereocenters. The largest absolute Gasteiger partial charge is 0.479 e. The number of aromatic nitrogens is 2. The molecular formula is C15H17N3O3S. The molecule has 0 spiro atoms. The normalized spacial score (nSPS) is 30.0. The van der Waals surface area contributed by atoms with Crippen molar-refractivity contribution in [3.8, 4) is 0 Å². The van der Waals surface area contributed by atoms with E-state index < -0.39 is 11.5 Å². The van der Waals surface area contributed by atoms with E-state index in [1.165, 1.54) is 11.3 Å². The molecule has 4 rings (SSSR count). The van der Waals surface area contributed by atoms with Crippen LogP contribution in [0.4, 0.5) is 0 Å². The summed E-state index contributed by atoms with van der Waals surface area (Å²) in [4.78, 5) is 29.3. The van der Waals surface area contributed by atoms with E-state index in [2.05, 4.69) is 10.3 Å². The van der Waals surface area contributed by atoms with Gasteiger partial charge in [0.05, 0.1) is 12.1 Å². The number of nitrogens with one attached hydrogen (secondary N) is 1. The van der Waals surface area contributed by atoms with Crippen molar-refractivity contribution in [3.63, 3.8) is 0 Å². The molecule has 2 N–H and O–H groups in total. The summed E-state index contributed by atoms with van der Waals surface area (Å²) in [6.07, 6.45) is 7.25. The van der Waals surface area contributed by atoms with Gasteiger partial charge in [-0.25, -0.2) is 9.78 Å². The zero-order valence-electron chi connectivity index (χ0n) is 12.0. The highest BCUT2D eigenvalue weighted by Gasteiger charge is 2.59. The molecule has 0 bridgehead atoms. The van der Waals surface area contributed by atoms with Crippen molar-refractivity contribution in [2.75, 3.05) is 0 Å². The number of aliphatic carboxylic acids is 1. The molecule has 2 fully saturated rings. The van der Waals surface area contributed by atoms with Crippen molar-refractivity contribution in [3.05, 3.63) is 23.5 Å². The lowest BCUT2D eigenvalue weighted by molar-refractivity contribution is -0.150. The lowest BCUT2D eigenvalue weighted by Gasteiger charge is -2.34. The minimum atomic E-state index is -1.06. The number of carbonyl (C=O) groups is 2. The van der Waals surface area contributed by atoms with Crippen LogP contribution in [0, 0.1) is 11.8 Å². The molecule has 2 aromatic heterocycles. The van der Waals surface area contributed by atoms with E-state index in [1.54, 1.807) is 0 Å². The topological polar surface area (TPSA) is 83.7 Å². The minimum absolute atomic E-state index is 0.105. The van der Waals surface area contributed by atoms with Crippen LogP contribution in [0.25, 0.3) is 4.96 Å². The van der Waals surface area contributed by atoms with Gasteiger partial charge in [-0.2, -0.15) is 0 Å². The van der Waals surface area contributed by atoms with Crippen LogP contribution < -0.4 is 5.32 Å². The van der Waals surface area contributed by atoms with E-state index in [0.717, 1.165) is 24.2 Å². The summed E-state index contributed by atoms with van der Waals surface area (Å²) >= 11 is 1.51. The van der Waals surface area contributed by atoms with Crippen molar-refractivity contribution in [2.45, 2.75) is 37.6 Å². The Labute approximate surface area is 131 Å². The average Bonchev–Trinajstić information content (AvgIpc) is 2.99. The SMILES string of the molecule is O=C(Cc1cn2ccsc2n1)NC1(C(=O)O)CCCC2CC21. The first-order valence-electron chi connectivity index (χ1n) is 7.54. The Kier molecular flexibility index (Phi) is 3.00. The fourth-order valence-corrected chi connectivity index (χ4v) is 4.51. The Balaban J connectivity index is 1.50. The van der Waals surface area contributed by atoms with Crippen LogP contribution in [0.15, 0.2) is 17.8 Å². The van der Waals surface area contributed by atoms with Gasteiger partial charge in [0, 0.05) is 17.8 Å². The van der Waals surface area contributed by atoms with Gasteiger partial charge in [-0.1, -0.05) is 6.42 Å². The third-order valence-electron chi connectivity index (χ3n) is 4.93. The highest BCUT2D eigenvalue weighted by atomic mass is 32.1. The maximum absolute atomic E-state index is 12.3. The molecule has 6 nitrogen and oxygen atoms in total. The average molecular weight is 319 g/mol. The summed E-state index contributed by atoms with van der Waals surface area (Å²) < 4.78 is 1.87. The molecule has 0 aromatic carbocycles. The molecule has 3 unspecified atom stereocenters. The van der Waals surface area contributed by atoms with Gasteiger partial charge in [0.15, 0.2) is 4.96 Å². The third kappa shape index (κ3) is 2.11. The van der Waals surface area contributed by atoms with E-state index in [-0.39, 0.29) is 18.2 Å². The number of hydrogen-bond donors (Lipinski definition) is 2. The molecule has 2 aromatic rings.